The largest absolute Gasteiger partial charge is 0.353 e. The van der Waals surface area contributed by atoms with Crippen LogP contribution < -0.4 is 5.32 Å². The van der Waals surface area contributed by atoms with E-state index in [2.05, 4.69) is 10.3 Å². The van der Waals surface area contributed by atoms with Gasteiger partial charge in [-0.15, -0.1) is 0 Å². The number of aryl methyl sites for hydroxylation is 1. The lowest BCUT2D eigenvalue weighted by Crippen LogP contribution is -2.32. The number of anilines is 1. The van der Waals surface area contributed by atoms with Gasteiger partial charge in [-0.05, 0) is 50.5 Å². The molecule has 2 N–H and O–H groups in total. The number of nitrogens with one attached hydrogen (secondary N) is 2. The van der Waals surface area contributed by atoms with Crippen molar-refractivity contribution in [2.45, 2.75) is 44.4 Å². The average Bonchev–Trinajstić information content (AvgIpc) is 2.80. The maximum absolute atomic E-state index is 13.3. The number of rotatable bonds is 4. The fourth-order valence-corrected chi connectivity index (χ4v) is 5.63. The van der Waals surface area contributed by atoms with E-state index in [1.165, 1.54) is 16.4 Å². The van der Waals surface area contributed by atoms with Crippen LogP contribution in [0.15, 0.2) is 23.1 Å². The first-order chi connectivity index (χ1) is 13.2. The van der Waals surface area contributed by atoms with Crippen LogP contribution in [0.5, 0.6) is 0 Å². The van der Waals surface area contributed by atoms with Crippen LogP contribution in [0.2, 0.25) is 5.02 Å². The molecule has 9 heteroatoms. The van der Waals surface area contributed by atoms with Gasteiger partial charge in [0.05, 0.1) is 5.02 Å². The molecule has 3 rings (SSSR count). The molecule has 1 aliphatic heterocycles. The molecule has 2 heterocycles. The van der Waals surface area contributed by atoms with Crippen molar-refractivity contribution in [3.8, 4) is 0 Å². The second kappa shape index (κ2) is 8.23. The molecule has 0 aliphatic carbocycles. The first kappa shape index (κ1) is 20.8. The minimum Gasteiger partial charge on any atom is -0.353 e. The van der Waals surface area contributed by atoms with Gasteiger partial charge >= 0.3 is 0 Å². The number of carbonyl (C=O) groups is 1. The van der Waals surface area contributed by atoms with Crippen LogP contribution >= 0.6 is 11.6 Å². The Balaban J connectivity index is 1.90. The van der Waals surface area contributed by atoms with Crippen LogP contribution in [0.3, 0.4) is 0 Å². The predicted molar refractivity (Wildman–Crippen MR) is 107 cm³/mol. The summed E-state index contributed by atoms with van der Waals surface area (Å²) >= 11 is 5.74. The molecule has 0 atom stereocenters. The molecule has 1 saturated heterocycles. The van der Waals surface area contributed by atoms with Gasteiger partial charge in [-0.1, -0.05) is 24.4 Å². The predicted octanol–water partition coefficient (Wildman–Crippen LogP) is 4.24. The smallest absolute Gasteiger partial charge is 0.272 e. The van der Waals surface area contributed by atoms with E-state index in [4.69, 9.17) is 11.6 Å². The molecule has 0 saturated carbocycles. The minimum absolute atomic E-state index is 0.110. The number of H-pyrrole nitrogens is 1. The topological polar surface area (TPSA) is 82.3 Å². The van der Waals surface area contributed by atoms with E-state index in [1.54, 1.807) is 13.8 Å². The molecule has 0 radical (unpaired) electrons. The number of aromatic amines is 1. The third kappa shape index (κ3) is 4.09. The number of aromatic nitrogens is 1. The van der Waals surface area contributed by atoms with Crippen molar-refractivity contribution in [2.24, 2.45) is 0 Å². The summed E-state index contributed by atoms with van der Waals surface area (Å²) in [6.07, 6.45) is 3.71. The fraction of sp³-hybridized carbons (Fsp3) is 0.421. The molecule has 0 unspecified atom stereocenters. The highest BCUT2D eigenvalue weighted by atomic mass is 35.5. The van der Waals surface area contributed by atoms with Gasteiger partial charge in [0.15, 0.2) is 0 Å². The number of halogens is 2. The van der Waals surface area contributed by atoms with Gasteiger partial charge in [0.25, 0.3) is 5.91 Å². The summed E-state index contributed by atoms with van der Waals surface area (Å²) in [6.45, 7) is 4.23. The molecule has 0 bridgehead atoms. The Kier molecular flexibility index (Phi) is 6.12. The fourth-order valence-electron chi connectivity index (χ4n) is 3.53. The molecular formula is C19H23ClFN3O3S. The molecule has 6 nitrogen and oxygen atoms in total. The van der Waals surface area contributed by atoms with Crippen LogP contribution in [0.25, 0.3) is 0 Å². The zero-order valence-corrected chi connectivity index (χ0v) is 17.4. The Morgan fingerprint density at radius 2 is 1.82 bits per heavy atom. The van der Waals surface area contributed by atoms with Crippen LogP contribution in [0.1, 0.15) is 47.4 Å². The van der Waals surface area contributed by atoms with E-state index in [1.807, 2.05) is 0 Å². The average molecular weight is 428 g/mol. The van der Waals surface area contributed by atoms with E-state index in [-0.39, 0.29) is 15.6 Å². The zero-order chi connectivity index (χ0) is 20.5. The monoisotopic (exact) mass is 427 g/mol. The van der Waals surface area contributed by atoms with Gasteiger partial charge in [-0.3, -0.25) is 4.79 Å². The highest BCUT2D eigenvalue weighted by molar-refractivity contribution is 7.89. The summed E-state index contributed by atoms with van der Waals surface area (Å²) in [6, 6.07) is 3.84. The molecule has 0 spiro atoms. The van der Waals surface area contributed by atoms with E-state index in [0.29, 0.717) is 30.0 Å². The Morgan fingerprint density at radius 3 is 2.43 bits per heavy atom. The van der Waals surface area contributed by atoms with Gasteiger partial charge in [0.2, 0.25) is 10.0 Å². The van der Waals surface area contributed by atoms with E-state index in [0.717, 1.165) is 31.7 Å². The van der Waals surface area contributed by atoms with Gasteiger partial charge in [0.1, 0.15) is 16.4 Å². The molecule has 152 valence electrons. The van der Waals surface area contributed by atoms with Gasteiger partial charge in [0, 0.05) is 24.5 Å². The number of hydrogen-bond donors (Lipinski definition) is 2. The Hall–Kier alpha value is -1.90. The SMILES string of the molecule is Cc1[nH]c(C(=O)Nc2ccc(F)c(Cl)c2)c(C)c1S(=O)(=O)N1CCCCCC1. The summed E-state index contributed by atoms with van der Waals surface area (Å²) in [5, 5.41) is 2.51. The molecule has 1 aromatic carbocycles. The lowest BCUT2D eigenvalue weighted by atomic mass is 10.2. The summed E-state index contributed by atoms with van der Waals surface area (Å²) in [5.41, 5.74) is 1.27. The third-order valence-electron chi connectivity index (χ3n) is 4.94. The van der Waals surface area contributed by atoms with Crippen LogP contribution in [0, 0.1) is 19.7 Å². The molecule has 2 aromatic rings. The Bertz CT molecular complexity index is 996. The van der Waals surface area contributed by atoms with E-state index >= 15 is 0 Å². The quantitative estimate of drug-likeness (QED) is 0.765. The molecular weight excluding hydrogens is 405 g/mol. The first-order valence-electron chi connectivity index (χ1n) is 9.17. The first-order valence-corrected chi connectivity index (χ1v) is 11.0. The number of amides is 1. The molecule has 1 amide bonds. The number of benzene rings is 1. The number of hydrogen-bond acceptors (Lipinski definition) is 3. The Morgan fingerprint density at radius 1 is 1.18 bits per heavy atom. The highest BCUT2D eigenvalue weighted by Gasteiger charge is 2.32. The van der Waals surface area contributed by atoms with Crippen molar-refractivity contribution >= 4 is 33.2 Å². The van der Waals surface area contributed by atoms with Gasteiger partial charge in [-0.2, -0.15) is 4.31 Å². The van der Waals surface area contributed by atoms with Crippen molar-refractivity contribution < 1.29 is 17.6 Å². The summed E-state index contributed by atoms with van der Waals surface area (Å²) < 4.78 is 41.1. The number of sulfonamides is 1. The van der Waals surface area contributed by atoms with Crippen molar-refractivity contribution in [1.29, 1.82) is 0 Å². The Labute approximate surface area is 169 Å². The maximum atomic E-state index is 13.3. The maximum Gasteiger partial charge on any atom is 0.272 e. The lowest BCUT2D eigenvalue weighted by molar-refractivity contribution is 0.102. The van der Waals surface area contributed by atoms with Crippen molar-refractivity contribution in [3.05, 3.63) is 46.0 Å². The molecule has 1 aromatic heterocycles. The van der Waals surface area contributed by atoms with Crippen LogP contribution in [-0.4, -0.2) is 36.7 Å². The second-order valence-electron chi connectivity index (χ2n) is 6.98. The summed E-state index contributed by atoms with van der Waals surface area (Å²) in [4.78, 5) is 15.7. The van der Waals surface area contributed by atoms with Crippen molar-refractivity contribution in [3.63, 3.8) is 0 Å². The van der Waals surface area contributed by atoms with Crippen LogP contribution in [-0.2, 0) is 10.0 Å². The zero-order valence-electron chi connectivity index (χ0n) is 15.8. The summed E-state index contributed by atoms with van der Waals surface area (Å²) in [5.74, 6) is -1.10. The van der Waals surface area contributed by atoms with E-state index < -0.39 is 21.7 Å². The third-order valence-corrected chi connectivity index (χ3v) is 7.40. The van der Waals surface area contributed by atoms with Gasteiger partial charge < -0.3 is 10.3 Å². The second-order valence-corrected chi connectivity index (χ2v) is 9.26. The number of nitrogens with zero attached hydrogens (tertiary/aromatic N) is 1. The summed E-state index contributed by atoms with van der Waals surface area (Å²) in [7, 11) is -3.69. The van der Waals surface area contributed by atoms with E-state index in [9.17, 15) is 17.6 Å². The van der Waals surface area contributed by atoms with Crippen molar-refractivity contribution in [2.75, 3.05) is 18.4 Å². The van der Waals surface area contributed by atoms with Crippen LogP contribution in [0.4, 0.5) is 10.1 Å². The highest BCUT2D eigenvalue weighted by Crippen LogP contribution is 2.29. The molecule has 28 heavy (non-hydrogen) atoms. The lowest BCUT2D eigenvalue weighted by Gasteiger charge is -2.20. The van der Waals surface area contributed by atoms with Crippen molar-refractivity contribution in [1.82, 2.24) is 9.29 Å². The standard InChI is InChI=1S/C19H23ClFN3O3S/c1-12-17(19(25)23-14-7-8-16(21)15(20)11-14)22-13(2)18(12)28(26,27)24-9-5-3-4-6-10-24/h7-8,11,22H,3-6,9-10H2,1-2H3,(H,23,25). The molecule has 1 fully saturated rings. The number of carbonyl (C=O) groups excluding carboxylic acids is 1. The van der Waals surface area contributed by atoms with Gasteiger partial charge in [-0.25, -0.2) is 12.8 Å². The minimum atomic E-state index is -3.69. The molecule has 1 aliphatic rings. The normalized spacial score (nSPS) is 16.0.